The number of nitrogens with zero attached hydrogens (tertiary/aromatic N) is 2. The molecule has 0 spiro atoms. The van der Waals surface area contributed by atoms with Crippen molar-refractivity contribution in [2.24, 2.45) is 0 Å². The SMILES string of the molecule is O=C(O)c1nn(-c2cccc(Br)c2)c2c1C(=O)CC2. The van der Waals surface area contributed by atoms with E-state index in [1.54, 1.807) is 4.68 Å². The van der Waals surface area contributed by atoms with Crippen molar-refractivity contribution in [2.75, 3.05) is 0 Å². The Balaban J connectivity index is 2.24. The Hall–Kier alpha value is -1.95. The molecule has 0 amide bonds. The molecule has 0 fully saturated rings. The van der Waals surface area contributed by atoms with Gasteiger partial charge in [-0.25, -0.2) is 9.48 Å². The number of fused-ring (bicyclic) bond motifs is 1. The van der Waals surface area contributed by atoms with Gasteiger partial charge in [0.2, 0.25) is 0 Å². The van der Waals surface area contributed by atoms with Crippen LogP contribution >= 0.6 is 15.9 Å². The highest BCUT2D eigenvalue weighted by Gasteiger charge is 2.32. The molecule has 1 heterocycles. The number of halogens is 1. The highest BCUT2D eigenvalue weighted by Crippen LogP contribution is 2.28. The monoisotopic (exact) mass is 320 g/mol. The predicted octanol–water partition coefficient (Wildman–Crippen LogP) is 2.46. The molecule has 0 saturated carbocycles. The third kappa shape index (κ3) is 1.88. The highest BCUT2D eigenvalue weighted by molar-refractivity contribution is 9.10. The molecule has 3 rings (SSSR count). The Morgan fingerprint density at radius 1 is 1.37 bits per heavy atom. The van der Waals surface area contributed by atoms with Crippen molar-refractivity contribution in [1.29, 1.82) is 0 Å². The van der Waals surface area contributed by atoms with Crippen LogP contribution in [0.1, 0.15) is 33.0 Å². The van der Waals surface area contributed by atoms with Gasteiger partial charge in [0.25, 0.3) is 0 Å². The number of ketones is 1. The van der Waals surface area contributed by atoms with Gasteiger partial charge in [0.1, 0.15) is 0 Å². The van der Waals surface area contributed by atoms with Crippen LogP contribution in [0, 0.1) is 0 Å². The van der Waals surface area contributed by atoms with Gasteiger partial charge in [-0.05, 0) is 24.6 Å². The molecule has 1 N–H and O–H groups in total. The van der Waals surface area contributed by atoms with Gasteiger partial charge in [0.15, 0.2) is 11.5 Å². The summed E-state index contributed by atoms with van der Waals surface area (Å²) in [4.78, 5) is 23.0. The summed E-state index contributed by atoms with van der Waals surface area (Å²) < 4.78 is 2.42. The van der Waals surface area contributed by atoms with Crippen LogP contribution in [-0.4, -0.2) is 26.6 Å². The summed E-state index contributed by atoms with van der Waals surface area (Å²) in [5, 5.41) is 13.2. The largest absolute Gasteiger partial charge is 0.476 e. The van der Waals surface area contributed by atoms with Crippen LogP contribution in [0.3, 0.4) is 0 Å². The molecule has 1 aromatic carbocycles. The van der Waals surface area contributed by atoms with Gasteiger partial charge < -0.3 is 5.11 Å². The van der Waals surface area contributed by atoms with Crippen molar-refractivity contribution < 1.29 is 14.7 Å². The van der Waals surface area contributed by atoms with Crippen molar-refractivity contribution in [3.8, 4) is 5.69 Å². The quantitative estimate of drug-likeness (QED) is 0.922. The van der Waals surface area contributed by atoms with Crippen LogP contribution < -0.4 is 0 Å². The average molecular weight is 321 g/mol. The summed E-state index contributed by atoms with van der Waals surface area (Å²) >= 11 is 3.36. The van der Waals surface area contributed by atoms with Crippen LogP contribution in [0.5, 0.6) is 0 Å². The van der Waals surface area contributed by atoms with Gasteiger partial charge in [0, 0.05) is 10.9 Å². The van der Waals surface area contributed by atoms with Crippen LogP contribution in [0.15, 0.2) is 28.7 Å². The van der Waals surface area contributed by atoms with E-state index in [1.165, 1.54) is 0 Å². The number of rotatable bonds is 2. The summed E-state index contributed by atoms with van der Waals surface area (Å²) in [6.07, 6.45) is 0.877. The maximum atomic E-state index is 11.8. The van der Waals surface area contributed by atoms with Crippen molar-refractivity contribution >= 4 is 27.7 Å². The zero-order valence-electron chi connectivity index (χ0n) is 9.76. The minimum absolute atomic E-state index is 0.145. The molecule has 6 heteroatoms. The Labute approximate surface area is 117 Å². The predicted molar refractivity (Wildman–Crippen MR) is 70.9 cm³/mol. The van der Waals surface area contributed by atoms with Gasteiger partial charge in [-0.15, -0.1) is 0 Å². The summed E-state index contributed by atoms with van der Waals surface area (Å²) in [6.45, 7) is 0. The van der Waals surface area contributed by atoms with Crippen molar-refractivity contribution in [3.05, 3.63) is 45.7 Å². The summed E-state index contributed by atoms with van der Waals surface area (Å²) in [5.74, 6) is -1.31. The van der Waals surface area contributed by atoms with E-state index >= 15 is 0 Å². The third-order valence-electron chi connectivity index (χ3n) is 3.10. The third-order valence-corrected chi connectivity index (χ3v) is 3.60. The molecule has 1 aliphatic carbocycles. The molecule has 96 valence electrons. The fourth-order valence-electron chi connectivity index (χ4n) is 2.30. The standard InChI is InChI=1S/C13H9BrN2O3/c14-7-2-1-3-8(6-7)16-9-4-5-10(17)11(9)12(15-16)13(18)19/h1-3,6H,4-5H2,(H,18,19). The molecule has 1 aromatic heterocycles. The lowest BCUT2D eigenvalue weighted by atomic mass is 10.2. The van der Waals surface area contributed by atoms with Crippen LogP contribution in [0.25, 0.3) is 5.69 Å². The maximum absolute atomic E-state index is 11.8. The number of carboxylic acid groups (broad SMARTS) is 1. The molecule has 0 atom stereocenters. The molecule has 0 bridgehead atoms. The van der Waals surface area contributed by atoms with Crippen LogP contribution in [0.4, 0.5) is 0 Å². The highest BCUT2D eigenvalue weighted by atomic mass is 79.9. The van der Waals surface area contributed by atoms with Crippen LogP contribution in [-0.2, 0) is 6.42 Å². The lowest BCUT2D eigenvalue weighted by Gasteiger charge is -2.05. The molecule has 19 heavy (non-hydrogen) atoms. The number of benzene rings is 1. The first-order valence-electron chi connectivity index (χ1n) is 5.72. The van der Waals surface area contributed by atoms with E-state index in [0.717, 1.165) is 10.2 Å². The van der Waals surface area contributed by atoms with E-state index < -0.39 is 5.97 Å². The second-order valence-electron chi connectivity index (χ2n) is 4.29. The fourth-order valence-corrected chi connectivity index (χ4v) is 2.69. The molecule has 2 aromatic rings. The maximum Gasteiger partial charge on any atom is 0.357 e. The van der Waals surface area contributed by atoms with Crippen molar-refractivity contribution in [2.45, 2.75) is 12.8 Å². The van der Waals surface area contributed by atoms with E-state index in [4.69, 9.17) is 5.11 Å². The molecule has 5 nitrogen and oxygen atoms in total. The Morgan fingerprint density at radius 2 is 2.16 bits per heavy atom. The number of carboxylic acids is 1. The second kappa shape index (κ2) is 4.31. The molecule has 1 aliphatic rings. The molecular weight excluding hydrogens is 312 g/mol. The van der Waals surface area contributed by atoms with Crippen molar-refractivity contribution in [3.63, 3.8) is 0 Å². The minimum atomic E-state index is -1.17. The molecular formula is C13H9BrN2O3. The van der Waals surface area contributed by atoms with E-state index in [2.05, 4.69) is 21.0 Å². The van der Waals surface area contributed by atoms with Gasteiger partial charge in [-0.3, -0.25) is 4.79 Å². The smallest absolute Gasteiger partial charge is 0.357 e. The van der Waals surface area contributed by atoms with E-state index in [1.807, 2.05) is 24.3 Å². The lowest BCUT2D eigenvalue weighted by Crippen LogP contribution is -2.06. The summed E-state index contributed by atoms with van der Waals surface area (Å²) in [6, 6.07) is 7.37. The first-order valence-corrected chi connectivity index (χ1v) is 6.51. The number of carbonyl (C=O) groups excluding carboxylic acids is 1. The van der Waals surface area contributed by atoms with Gasteiger partial charge in [-0.2, -0.15) is 5.10 Å². The first kappa shape index (κ1) is 12.1. The minimum Gasteiger partial charge on any atom is -0.476 e. The van der Waals surface area contributed by atoms with Crippen molar-refractivity contribution in [1.82, 2.24) is 9.78 Å². The number of aromatic carboxylic acids is 1. The average Bonchev–Trinajstić information content (AvgIpc) is 2.90. The second-order valence-corrected chi connectivity index (χ2v) is 5.21. The summed E-state index contributed by atoms with van der Waals surface area (Å²) in [7, 11) is 0. The number of hydrogen-bond donors (Lipinski definition) is 1. The Kier molecular flexibility index (Phi) is 2.74. The Bertz CT molecular complexity index is 706. The number of hydrogen-bond acceptors (Lipinski definition) is 3. The first-order chi connectivity index (χ1) is 9.08. The lowest BCUT2D eigenvalue weighted by molar-refractivity contribution is 0.0685. The number of aromatic nitrogens is 2. The topological polar surface area (TPSA) is 72.2 Å². The Morgan fingerprint density at radius 3 is 2.84 bits per heavy atom. The van der Waals surface area contributed by atoms with E-state index in [0.29, 0.717) is 18.5 Å². The van der Waals surface area contributed by atoms with Gasteiger partial charge in [0.05, 0.1) is 16.9 Å². The van der Waals surface area contributed by atoms with Gasteiger partial charge in [-0.1, -0.05) is 22.0 Å². The van der Waals surface area contributed by atoms with Crippen LogP contribution in [0.2, 0.25) is 0 Å². The molecule has 0 aliphatic heterocycles. The molecule has 0 radical (unpaired) electrons. The fraction of sp³-hybridized carbons (Fsp3) is 0.154. The number of Topliss-reactive ketones (excluding diaryl/α,β-unsaturated/α-hetero) is 1. The summed E-state index contributed by atoms with van der Waals surface area (Å²) in [5.41, 5.74) is 1.53. The number of carbonyl (C=O) groups is 2. The normalized spacial score (nSPS) is 13.6. The molecule has 0 saturated heterocycles. The van der Waals surface area contributed by atoms with E-state index in [9.17, 15) is 9.59 Å². The molecule has 0 unspecified atom stereocenters. The van der Waals surface area contributed by atoms with Gasteiger partial charge >= 0.3 is 5.97 Å². The van der Waals surface area contributed by atoms with E-state index in [-0.39, 0.29) is 17.0 Å². The zero-order chi connectivity index (χ0) is 13.6. The zero-order valence-corrected chi connectivity index (χ0v) is 11.3.